The Morgan fingerprint density at radius 3 is 2.37 bits per heavy atom. The molecule has 1 N–H and O–H groups in total. The number of benzene rings is 3. The third-order valence-electron chi connectivity index (χ3n) is 7.80. The highest BCUT2D eigenvalue weighted by atomic mass is 16.2. The van der Waals surface area contributed by atoms with Gasteiger partial charge in [0.05, 0.1) is 6.54 Å². The summed E-state index contributed by atoms with van der Waals surface area (Å²) in [6.45, 7) is 2.74. The summed E-state index contributed by atoms with van der Waals surface area (Å²) in [6.07, 6.45) is 6.94. The maximum atomic E-state index is 13.5. The van der Waals surface area contributed by atoms with Gasteiger partial charge >= 0.3 is 0 Å². The molecule has 0 atom stereocenters. The number of unbranched alkanes of at least 4 members (excludes halogenated alkanes) is 1. The highest BCUT2D eigenvalue weighted by Crippen LogP contribution is 2.40. The second-order valence-electron chi connectivity index (χ2n) is 10.3. The molecular weight excluding hydrogens is 472 g/mol. The molecule has 192 valence electrons. The number of carbonyl (C=O) groups excluding carboxylic acids is 1. The lowest BCUT2D eigenvalue weighted by molar-refractivity contribution is -0.131. The Morgan fingerprint density at radius 2 is 1.66 bits per heavy atom. The summed E-state index contributed by atoms with van der Waals surface area (Å²) in [5, 5.41) is 14.8. The van der Waals surface area contributed by atoms with Crippen LogP contribution in [-0.4, -0.2) is 42.8 Å². The van der Waals surface area contributed by atoms with Gasteiger partial charge in [0.15, 0.2) is 0 Å². The quantitative estimate of drug-likeness (QED) is 0.299. The monoisotopic (exact) mass is 504 g/mol. The molecule has 1 saturated carbocycles. The van der Waals surface area contributed by atoms with Crippen molar-refractivity contribution in [2.75, 3.05) is 0 Å². The Bertz CT molecular complexity index is 1440. The number of carbonyl (C=O) groups is 1. The van der Waals surface area contributed by atoms with E-state index >= 15 is 0 Å². The molecule has 3 aromatic carbocycles. The predicted molar refractivity (Wildman–Crippen MR) is 149 cm³/mol. The van der Waals surface area contributed by atoms with Crippen LogP contribution in [0.2, 0.25) is 0 Å². The van der Waals surface area contributed by atoms with Gasteiger partial charge in [0.1, 0.15) is 11.4 Å². The van der Waals surface area contributed by atoms with Gasteiger partial charge in [0.25, 0.3) is 5.91 Å². The average Bonchev–Trinajstić information content (AvgIpc) is 3.72. The van der Waals surface area contributed by atoms with Crippen LogP contribution in [0.5, 0.6) is 0 Å². The van der Waals surface area contributed by atoms with Gasteiger partial charge in [-0.25, -0.2) is 0 Å². The number of aromatic amines is 1. The van der Waals surface area contributed by atoms with E-state index in [-0.39, 0.29) is 5.91 Å². The molecule has 1 amide bonds. The topological polar surface area (TPSA) is 87.1 Å². The zero-order valence-corrected chi connectivity index (χ0v) is 21.7. The third-order valence-corrected chi connectivity index (χ3v) is 7.80. The van der Waals surface area contributed by atoms with E-state index in [1.807, 2.05) is 23.1 Å². The molecule has 1 aliphatic carbocycles. The molecule has 0 bridgehead atoms. The average molecular weight is 505 g/mol. The van der Waals surface area contributed by atoms with Crippen molar-refractivity contribution in [3.05, 3.63) is 78.4 Å². The Labute approximate surface area is 223 Å². The number of rotatable bonds is 8. The van der Waals surface area contributed by atoms with Gasteiger partial charge in [-0.2, -0.15) is 5.21 Å². The Balaban J connectivity index is 1.30. The molecule has 0 radical (unpaired) electrons. The first kappa shape index (κ1) is 24.2. The number of aliphatic imine (C=N–C) groups is 1. The first-order valence-corrected chi connectivity index (χ1v) is 13.6. The molecule has 1 spiro atoms. The molecule has 4 aromatic rings. The minimum atomic E-state index is -0.500. The van der Waals surface area contributed by atoms with Crippen molar-refractivity contribution in [3.8, 4) is 33.6 Å². The third kappa shape index (κ3) is 4.53. The van der Waals surface area contributed by atoms with Gasteiger partial charge in [-0.1, -0.05) is 86.8 Å². The summed E-state index contributed by atoms with van der Waals surface area (Å²) < 4.78 is 0. The van der Waals surface area contributed by atoms with E-state index in [1.54, 1.807) is 0 Å². The maximum Gasteiger partial charge on any atom is 0.256 e. The van der Waals surface area contributed by atoms with Crippen LogP contribution < -0.4 is 0 Å². The lowest BCUT2D eigenvalue weighted by atomic mass is 9.93. The molecule has 2 aliphatic rings. The fraction of sp³-hybridized carbons (Fsp3) is 0.323. The summed E-state index contributed by atoms with van der Waals surface area (Å²) in [6, 6.07) is 25.1. The molecular formula is C31H32N6O. The van der Waals surface area contributed by atoms with Crippen LogP contribution in [0.4, 0.5) is 0 Å². The molecule has 0 unspecified atom stereocenters. The van der Waals surface area contributed by atoms with Crippen molar-refractivity contribution in [2.24, 2.45) is 4.99 Å². The van der Waals surface area contributed by atoms with E-state index < -0.39 is 5.54 Å². The first-order valence-electron chi connectivity index (χ1n) is 13.6. The molecule has 0 saturated heterocycles. The highest BCUT2D eigenvalue weighted by Gasteiger charge is 2.49. The lowest BCUT2D eigenvalue weighted by Crippen LogP contribution is -2.40. The van der Waals surface area contributed by atoms with Crippen LogP contribution in [0.3, 0.4) is 0 Å². The van der Waals surface area contributed by atoms with Crippen LogP contribution in [0.15, 0.2) is 77.8 Å². The number of nitrogens with zero attached hydrogens (tertiary/aromatic N) is 5. The number of hydrogen-bond acceptors (Lipinski definition) is 5. The number of H-pyrrole nitrogens is 1. The summed E-state index contributed by atoms with van der Waals surface area (Å²) >= 11 is 0. The van der Waals surface area contributed by atoms with E-state index in [0.717, 1.165) is 84.2 Å². The highest BCUT2D eigenvalue weighted by molar-refractivity contribution is 6.08. The molecule has 7 heteroatoms. The van der Waals surface area contributed by atoms with Crippen LogP contribution in [-0.2, 0) is 11.3 Å². The van der Waals surface area contributed by atoms with Crippen LogP contribution in [0.25, 0.3) is 33.6 Å². The largest absolute Gasteiger partial charge is 0.294 e. The summed E-state index contributed by atoms with van der Waals surface area (Å²) in [5.41, 5.74) is 5.88. The SMILES string of the molecule is CCCCC1=NC2(CCCC2)C(=O)N1Cc1ccc(-c2cc(-c3ccccc3)ccc2-c2nn[nH]n2)cc1. The molecule has 7 nitrogen and oxygen atoms in total. The number of nitrogens with one attached hydrogen (secondary N) is 1. The molecule has 1 aliphatic heterocycles. The fourth-order valence-electron chi connectivity index (χ4n) is 5.73. The number of hydrogen-bond donors (Lipinski definition) is 1. The molecule has 38 heavy (non-hydrogen) atoms. The number of amidine groups is 1. The zero-order valence-electron chi connectivity index (χ0n) is 21.7. The van der Waals surface area contributed by atoms with Gasteiger partial charge in [-0.15, -0.1) is 10.2 Å². The predicted octanol–water partition coefficient (Wildman–Crippen LogP) is 6.44. The Morgan fingerprint density at radius 1 is 0.895 bits per heavy atom. The lowest BCUT2D eigenvalue weighted by Gasteiger charge is -2.23. The zero-order chi connectivity index (χ0) is 26.0. The van der Waals surface area contributed by atoms with Gasteiger partial charge < -0.3 is 0 Å². The van der Waals surface area contributed by atoms with E-state index in [0.29, 0.717) is 12.4 Å². The minimum Gasteiger partial charge on any atom is -0.294 e. The van der Waals surface area contributed by atoms with Crippen molar-refractivity contribution in [1.29, 1.82) is 0 Å². The number of amides is 1. The fourth-order valence-corrected chi connectivity index (χ4v) is 5.73. The molecule has 2 heterocycles. The minimum absolute atomic E-state index is 0.195. The van der Waals surface area contributed by atoms with Crippen molar-refractivity contribution in [1.82, 2.24) is 25.5 Å². The van der Waals surface area contributed by atoms with E-state index in [9.17, 15) is 4.79 Å². The normalized spacial score (nSPS) is 16.4. The van der Waals surface area contributed by atoms with Gasteiger partial charge in [-0.3, -0.25) is 14.7 Å². The first-order chi connectivity index (χ1) is 18.7. The second kappa shape index (κ2) is 10.3. The molecule has 1 fully saturated rings. The van der Waals surface area contributed by atoms with Crippen molar-refractivity contribution >= 4 is 11.7 Å². The Hall–Kier alpha value is -4.13. The Kier molecular flexibility index (Phi) is 6.58. The van der Waals surface area contributed by atoms with E-state index in [4.69, 9.17) is 4.99 Å². The number of tetrazole rings is 1. The van der Waals surface area contributed by atoms with Crippen LogP contribution in [0.1, 0.15) is 57.4 Å². The summed E-state index contributed by atoms with van der Waals surface area (Å²) in [4.78, 5) is 20.5. The van der Waals surface area contributed by atoms with Crippen LogP contribution >= 0.6 is 0 Å². The van der Waals surface area contributed by atoms with Crippen LogP contribution in [0, 0.1) is 0 Å². The van der Waals surface area contributed by atoms with Gasteiger partial charge in [0.2, 0.25) is 5.82 Å². The van der Waals surface area contributed by atoms with Crippen molar-refractivity contribution < 1.29 is 4.79 Å². The van der Waals surface area contributed by atoms with Gasteiger partial charge in [-0.05, 0) is 64.4 Å². The molecule has 6 rings (SSSR count). The maximum absolute atomic E-state index is 13.5. The smallest absolute Gasteiger partial charge is 0.256 e. The summed E-state index contributed by atoms with van der Waals surface area (Å²) in [5.74, 6) is 1.72. The van der Waals surface area contributed by atoms with Gasteiger partial charge in [0, 0.05) is 12.0 Å². The molecule has 1 aromatic heterocycles. The second-order valence-corrected chi connectivity index (χ2v) is 10.3. The standard InChI is InChI=1S/C31H32N6O/c1-2-3-11-28-32-31(18-7-8-19-31)30(38)37(28)21-22-12-14-24(15-13-22)27-20-25(23-9-5-4-6-10-23)16-17-26(27)29-33-35-36-34-29/h4-6,9-10,12-17,20H,2-3,7-8,11,18-19,21H2,1H3,(H,33,34,35,36). The van der Waals surface area contributed by atoms with Crippen molar-refractivity contribution in [2.45, 2.75) is 64.0 Å². The van der Waals surface area contributed by atoms with E-state index in [1.165, 1.54) is 0 Å². The van der Waals surface area contributed by atoms with Crippen molar-refractivity contribution in [3.63, 3.8) is 0 Å². The summed E-state index contributed by atoms with van der Waals surface area (Å²) in [7, 11) is 0. The van der Waals surface area contributed by atoms with E-state index in [2.05, 4.69) is 82.1 Å². The number of aromatic nitrogens is 4.